The molecule has 0 aliphatic rings. The predicted octanol–water partition coefficient (Wildman–Crippen LogP) is 5.22. The van der Waals surface area contributed by atoms with Crippen LogP contribution >= 0.6 is 23.2 Å². The molecule has 0 spiro atoms. The van der Waals surface area contributed by atoms with Gasteiger partial charge in [-0.3, -0.25) is 9.52 Å². The molecule has 0 saturated carbocycles. The van der Waals surface area contributed by atoms with Crippen molar-refractivity contribution in [1.29, 1.82) is 0 Å². The van der Waals surface area contributed by atoms with Crippen LogP contribution in [-0.2, 0) is 14.8 Å². The second-order valence-corrected chi connectivity index (χ2v) is 9.06. The third-order valence-corrected chi connectivity index (χ3v) is 6.09. The molecule has 0 aliphatic heterocycles. The van der Waals surface area contributed by atoms with Gasteiger partial charge in [0.1, 0.15) is 0 Å². The number of halogens is 2. The number of carbonyl (C=O) groups is 2. The number of carbonyl (C=O) groups excluding carboxylic acids is 2. The predicted molar refractivity (Wildman–Crippen MR) is 124 cm³/mol. The molecule has 0 aromatic heterocycles. The van der Waals surface area contributed by atoms with Crippen LogP contribution in [0.4, 0.5) is 11.4 Å². The number of hydrogen-bond donors (Lipinski definition) is 2. The van der Waals surface area contributed by atoms with E-state index >= 15 is 0 Å². The molecule has 1 amide bonds. The fourth-order valence-electron chi connectivity index (χ4n) is 2.75. The van der Waals surface area contributed by atoms with E-state index in [1.54, 1.807) is 25.1 Å². The molecular formula is C22H18Cl2N2O5S. The van der Waals surface area contributed by atoms with Crippen molar-refractivity contribution < 1.29 is 22.7 Å². The summed E-state index contributed by atoms with van der Waals surface area (Å²) in [5.41, 5.74) is 0.617. The second-order valence-electron chi connectivity index (χ2n) is 6.50. The number of ether oxygens (including phenoxy) is 1. The Kier molecular flexibility index (Phi) is 7.40. The van der Waals surface area contributed by atoms with Crippen LogP contribution < -0.4 is 10.0 Å². The number of anilines is 2. The Morgan fingerprint density at radius 1 is 0.938 bits per heavy atom. The van der Waals surface area contributed by atoms with E-state index < -0.39 is 21.9 Å². The smallest absolute Gasteiger partial charge is 0.338 e. The summed E-state index contributed by atoms with van der Waals surface area (Å²) in [6.07, 6.45) is 0. The van der Waals surface area contributed by atoms with Gasteiger partial charge < -0.3 is 10.1 Å². The molecule has 3 aromatic carbocycles. The minimum Gasteiger partial charge on any atom is -0.462 e. The molecule has 7 nitrogen and oxygen atoms in total. The molecule has 10 heteroatoms. The summed E-state index contributed by atoms with van der Waals surface area (Å²) < 4.78 is 32.8. The van der Waals surface area contributed by atoms with Gasteiger partial charge in [-0.1, -0.05) is 29.3 Å². The Morgan fingerprint density at radius 3 is 2.31 bits per heavy atom. The van der Waals surface area contributed by atoms with Crippen molar-refractivity contribution in [3.05, 3.63) is 87.9 Å². The van der Waals surface area contributed by atoms with Gasteiger partial charge in [-0.05, 0) is 67.6 Å². The molecule has 0 radical (unpaired) electrons. The fourth-order valence-corrected chi connectivity index (χ4v) is 4.13. The van der Waals surface area contributed by atoms with E-state index in [0.29, 0.717) is 10.7 Å². The number of benzene rings is 3. The molecule has 32 heavy (non-hydrogen) atoms. The average Bonchev–Trinajstić information content (AvgIpc) is 2.75. The standard InChI is InChI=1S/C22H18Cl2N2O5S/c1-2-31-22(28)14-4-3-5-17(12-14)25-21(27)19-13-16(24)8-11-20(19)26-32(29,30)18-9-6-15(23)7-10-18/h3-13,26H,2H2,1H3,(H,25,27). The molecule has 3 rings (SSSR count). The van der Waals surface area contributed by atoms with E-state index in [0.717, 1.165) is 0 Å². The van der Waals surface area contributed by atoms with Gasteiger partial charge >= 0.3 is 5.97 Å². The number of esters is 1. The lowest BCUT2D eigenvalue weighted by molar-refractivity contribution is 0.0526. The van der Waals surface area contributed by atoms with Crippen molar-refractivity contribution in [3.63, 3.8) is 0 Å². The van der Waals surface area contributed by atoms with Crippen LogP contribution in [0.15, 0.2) is 71.6 Å². The molecule has 0 bridgehead atoms. The zero-order valence-electron chi connectivity index (χ0n) is 16.8. The highest BCUT2D eigenvalue weighted by Crippen LogP contribution is 2.25. The Balaban J connectivity index is 1.88. The molecule has 0 fully saturated rings. The summed E-state index contributed by atoms with van der Waals surface area (Å²) in [5, 5.41) is 3.27. The largest absolute Gasteiger partial charge is 0.462 e. The summed E-state index contributed by atoms with van der Waals surface area (Å²) in [4.78, 5) is 24.8. The molecule has 2 N–H and O–H groups in total. The quantitative estimate of drug-likeness (QED) is 0.440. The van der Waals surface area contributed by atoms with E-state index in [2.05, 4.69) is 10.0 Å². The van der Waals surface area contributed by atoms with Crippen LogP contribution in [0.25, 0.3) is 0 Å². The van der Waals surface area contributed by atoms with Gasteiger partial charge in [-0.2, -0.15) is 0 Å². The molecule has 0 heterocycles. The number of sulfonamides is 1. The molecule has 3 aromatic rings. The minimum absolute atomic E-state index is 0.00317. The fraction of sp³-hybridized carbons (Fsp3) is 0.0909. The number of rotatable bonds is 7. The van der Waals surface area contributed by atoms with Crippen molar-refractivity contribution in [2.75, 3.05) is 16.6 Å². The van der Waals surface area contributed by atoms with Gasteiger partial charge in [-0.25, -0.2) is 13.2 Å². The Bertz CT molecular complexity index is 1260. The van der Waals surface area contributed by atoms with Crippen molar-refractivity contribution in [3.8, 4) is 0 Å². The lowest BCUT2D eigenvalue weighted by Crippen LogP contribution is -2.19. The van der Waals surface area contributed by atoms with Crippen molar-refractivity contribution in [2.24, 2.45) is 0 Å². The van der Waals surface area contributed by atoms with Crippen molar-refractivity contribution in [1.82, 2.24) is 0 Å². The van der Waals surface area contributed by atoms with Crippen molar-refractivity contribution >= 4 is 56.5 Å². The molecule has 0 atom stereocenters. The van der Waals surface area contributed by atoms with E-state index in [1.807, 2.05) is 0 Å². The van der Waals surface area contributed by atoms with Gasteiger partial charge in [0.05, 0.1) is 28.3 Å². The molecule has 166 valence electrons. The molecular weight excluding hydrogens is 475 g/mol. The maximum Gasteiger partial charge on any atom is 0.338 e. The van der Waals surface area contributed by atoms with Crippen LogP contribution in [0.1, 0.15) is 27.6 Å². The summed E-state index contributed by atoms with van der Waals surface area (Å²) in [7, 11) is -3.99. The highest BCUT2D eigenvalue weighted by molar-refractivity contribution is 7.92. The molecule has 0 saturated heterocycles. The third-order valence-electron chi connectivity index (χ3n) is 4.23. The summed E-state index contributed by atoms with van der Waals surface area (Å²) in [6.45, 7) is 1.91. The Morgan fingerprint density at radius 2 is 1.62 bits per heavy atom. The SMILES string of the molecule is CCOC(=O)c1cccc(NC(=O)c2cc(Cl)ccc2NS(=O)(=O)c2ccc(Cl)cc2)c1. The second kappa shape index (κ2) is 10.0. The highest BCUT2D eigenvalue weighted by atomic mass is 35.5. The van der Waals surface area contributed by atoms with Crippen LogP contribution in [0.3, 0.4) is 0 Å². The van der Waals surface area contributed by atoms with Gasteiger partial charge in [0.25, 0.3) is 15.9 Å². The van der Waals surface area contributed by atoms with Gasteiger partial charge in [0.15, 0.2) is 0 Å². The number of amides is 1. The Hall–Kier alpha value is -3.07. The van der Waals surface area contributed by atoms with E-state index in [1.165, 1.54) is 48.5 Å². The molecule has 0 aliphatic carbocycles. The van der Waals surface area contributed by atoms with Gasteiger partial charge in [0.2, 0.25) is 0 Å². The lowest BCUT2D eigenvalue weighted by atomic mass is 10.1. The number of nitrogens with one attached hydrogen (secondary N) is 2. The number of hydrogen-bond acceptors (Lipinski definition) is 5. The van der Waals surface area contributed by atoms with Crippen LogP contribution in [0.2, 0.25) is 10.0 Å². The zero-order chi connectivity index (χ0) is 23.3. The summed E-state index contributed by atoms with van der Waals surface area (Å²) in [5.74, 6) is -1.15. The monoisotopic (exact) mass is 492 g/mol. The lowest BCUT2D eigenvalue weighted by Gasteiger charge is -2.14. The zero-order valence-corrected chi connectivity index (χ0v) is 19.1. The van der Waals surface area contributed by atoms with Gasteiger partial charge in [-0.15, -0.1) is 0 Å². The topological polar surface area (TPSA) is 102 Å². The van der Waals surface area contributed by atoms with E-state index in [-0.39, 0.29) is 33.3 Å². The van der Waals surface area contributed by atoms with E-state index in [4.69, 9.17) is 27.9 Å². The van der Waals surface area contributed by atoms with Crippen LogP contribution in [-0.4, -0.2) is 26.9 Å². The van der Waals surface area contributed by atoms with Crippen LogP contribution in [0, 0.1) is 0 Å². The first-order valence-corrected chi connectivity index (χ1v) is 11.6. The van der Waals surface area contributed by atoms with E-state index in [9.17, 15) is 18.0 Å². The first-order chi connectivity index (χ1) is 15.2. The first kappa shape index (κ1) is 23.6. The Labute approximate surface area is 195 Å². The van der Waals surface area contributed by atoms with Gasteiger partial charge in [0, 0.05) is 15.7 Å². The molecule has 0 unspecified atom stereocenters. The maximum absolute atomic E-state index is 12.9. The summed E-state index contributed by atoms with van der Waals surface area (Å²) >= 11 is 11.9. The average molecular weight is 493 g/mol. The maximum atomic E-state index is 12.9. The minimum atomic E-state index is -3.99. The van der Waals surface area contributed by atoms with Crippen molar-refractivity contribution in [2.45, 2.75) is 11.8 Å². The van der Waals surface area contributed by atoms with Crippen LogP contribution in [0.5, 0.6) is 0 Å². The normalized spacial score (nSPS) is 11.0. The summed E-state index contributed by atoms with van der Waals surface area (Å²) in [6, 6.07) is 16.0. The highest BCUT2D eigenvalue weighted by Gasteiger charge is 2.20. The first-order valence-electron chi connectivity index (χ1n) is 9.36. The third kappa shape index (κ3) is 5.79.